The van der Waals surface area contributed by atoms with E-state index in [1.807, 2.05) is 12.3 Å². The summed E-state index contributed by atoms with van der Waals surface area (Å²) in [6.45, 7) is 2.87. The minimum absolute atomic E-state index is 0.583. The van der Waals surface area contributed by atoms with Gasteiger partial charge in [-0.1, -0.05) is 0 Å². The lowest BCUT2D eigenvalue weighted by Gasteiger charge is -2.28. The maximum atomic E-state index is 5.73. The van der Waals surface area contributed by atoms with E-state index in [4.69, 9.17) is 5.73 Å². The molecule has 0 amide bonds. The van der Waals surface area contributed by atoms with Crippen LogP contribution in [0.3, 0.4) is 0 Å². The molecule has 1 fully saturated rings. The first-order chi connectivity index (χ1) is 7.24. The van der Waals surface area contributed by atoms with Crippen LogP contribution in [0.25, 0.3) is 0 Å². The summed E-state index contributed by atoms with van der Waals surface area (Å²) in [6.07, 6.45) is 6.45. The standard InChI is InChI=1S/C12H19N3/c1-9(10-3-4-10)15(2)12-8-14-6-5-11(12)7-13/h5-6,8-10H,3-4,7,13H2,1-2H3. The van der Waals surface area contributed by atoms with Crippen LogP contribution in [0.2, 0.25) is 0 Å². The van der Waals surface area contributed by atoms with Crippen LogP contribution in [0.1, 0.15) is 25.3 Å². The summed E-state index contributed by atoms with van der Waals surface area (Å²) < 4.78 is 0. The minimum Gasteiger partial charge on any atom is -0.370 e. The van der Waals surface area contributed by atoms with Crippen LogP contribution in [0.4, 0.5) is 5.69 Å². The molecule has 1 aromatic rings. The number of anilines is 1. The molecule has 0 spiro atoms. The topological polar surface area (TPSA) is 42.2 Å². The van der Waals surface area contributed by atoms with E-state index in [0.717, 1.165) is 5.92 Å². The third-order valence-electron chi connectivity index (χ3n) is 3.40. The van der Waals surface area contributed by atoms with Crippen LogP contribution in [0, 0.1) is 5.92 Å². The molecule has 0 saturated heterocycles. The van der Waals surface area contributed by atoms with E-state index in [1.54, 1.807) is 6.20 Å². The maximum absolute atomic E-state index is 5.73. The first-order valence-corrected chi connectivity index (χ1v) is 5.60. The summed E-state index contributed by atoms with van der Waals surface area (Å²) in [5, 5.41) is 0. The molecular weight excluding hydrogens is 186 g/mol. The van der Waals surface area contributed by atoms with Crippen LogP contribution in [0.15, 0.2) is 18.5 Å². The van der Waals surface area contributed by atoms with Gasteiger partial charge in [0.25, 0.3) is 0 Å². The predicted molar refractivity (Wildman–Crippen MR) is 62.7 cm³/mol. The highest BCUT2D eigenvalue weighted by molar-refractivity contribution is 5.51. The van der Waals surface area contributed by atoms with E-state index < -0.39 is 0 Å². The van der Waals surface area contributed by atoms with Gasteiger partial charge in [-0.15, -0.1) is 0 Å². The average molecular weight is 205 g/mol. The highest BCUT2D eigenvalue weighted by atomic mass is 15.1. The van der Waals surface area contributed by atoms with Crippen molar-refractivity contribution in [1.82, 2.24) is 4.98 Å². The Kier molecular flexibility index (Phi) is 2.91. The Morgan fingerprint density at radius 3 is 2.93 bits per heavy atom. The molecule has 3 nitrogen and oxygen atoms in total. The van der Waals surface area contributed by atoms with Crippen molar-refractivity contribution in [3.8, 4) is 0 Å². The molecule has 1 heterocycles. The molecule has 1 unspecified atom stereocenters. The Hall–Kier alpha value is -1.09. The molecule has 1 atom stereocenters. The monoisotopic (exact) mass is 205 g/mol. The van der Waals surface area contributed by atoms with Crippen LogP contribution < -0.4 is 10.6 Å². The van der Waals surface area contributed by atoms with Gasteiger partial charge in [-0.05, 0) is 37.3 Å². The molecule has 1 aliphatic rings. The summed E-state index contributed by atoms with van der Waals surface area (Å²) >= 11 is 0. The minimum atomic E-state index is 0.583. The SMILES string of the molecule is CC(C1CC1)N(C)c1cnccc1CN. The van der Waals surface area contributed by atoms with Gasteiger partial charge in [-0.3, -0.25) is 4.98 Å². The van der Waals surface area contributed by atoms with Gasteiger partial charge in [0.1, 0.15) is 0 Å². The van der Waals surface area contributed by atoms with Crippen molar-refractivity contribution >= 4 is 5.69 Å². The summed E-state index contributed by atoms with van der Waals surface area (Å²) in [7, 11) is 2.14. The van der Waals surface area contributed by atoms with E-state index >= 15 is 0 Å². The molecular formula is C12H19N3. The molecule has 0 aliphatic heterocycles. The van der Waals surface area contributed by atoms with E-state index in [9.17, 15) is 0 Å². The van der Waals surface area contributed by atoms with Crippen LogP contribution in [-0.4, -0.2) is 18.1 Å². The second-order valence-electron chi connectivity index (χ2n) is 4.40. The van der Waals surface area contributed by atoms with Gasteiger partial charge in [0.05, 0.1) is 11.9 Å². The first-order valence-electron chi connectivity index (χ1n) is 5.60. The Morgan fingerprint density at radius 1 is 1.60 bits per heavy atom. The largest absolute Gasteiger partial charge is 0.370 e. The molecule has 1 aliphatic carbocycles. The molecule has 15 heavy (non-hydrogen) atoms. The molecule has 3 heteroatoms. The summed E-state index contributed by atoms with van der Waals surface area (Å²) in [6, 6.07) is 2.60. The number of hydrogen-bond donors (Lipinski definition) is 1. The molecule has 2 N–H and O–H groups in total. The number of nitrogens with two attached hydrogens (primary N) is 1. The Balaban J connectivity index is 2.19. The predicted octanol–water partition coefficient (Wildman–Crippen LogP) is 1.77. The van der Waals surface area contributed by atoms with Gasteiger partial charge >= 0.3 is 0 Å². The fraction of sp³-hybridized carbons (Fsp3) is 0.583. The lowest BCUT2D eigenvalue weighted by Crippen LogP contribution is -2.31. The zero-order valence-corrected chi connectivity index (χ0v) is 9.48. The van der Waals surface area contributed by atoms with Crippen LogP contribution in [-0.2, 0) is 6.54 Å². The van der Waals surface area contributed by atoms with Gasteiger partial charge in [0, 0.05) is 25.8 Å². The number of pyridine rings is 1. The van der Waals surface area contributed by atoms with Crippen molar-refractivity contribution in [2.45, 2.75) is 32.4 Å². The highest BCUT2D eigenvalue weighted by Crippen LogP contribution is 2.36. The van der Waals surface area contributed by atoms with E-state index in [2.05, 4.69) is 23.9 Å². The second-order valence-corrected chi connectivity index (χ2v) is 4.40. The molecule has 0 aromatic carbocycles. The molecule has 0 radical (unpaired) electrons. The molecule has 82 valence electrons. The number of hydrogen-bond acceptors (Lipinski definition) is 3. The summed E-state index contributed by atoms with van der Waals surface area (Å²) in [5.74, 6) is 0.862. The molecule has 2 rings (SSSR count). The van der Waals surface area contributed by atoms with Gasteiger partial charge in [-0.25, -0.2) is 0 Å². The fourth-order valence-corrected chi connectivity index (χ4v) is 2.02. The van der Waals surface area contributed by atoms with Gasteiger partial charge in [-0.2, -0.15) is 0 Å². The smallest absolute Gasteiger partial charge is 0.0598 e. The van der Waals surface area contributed by atoms with Gasteiger partial charge in [0.15, 0.2) is 0 Å². The Morgan fingerprint density at radius 2 is 2.33 bits per heavy atom. The lowest BCUT2D eigenvalue weighted by atomic mass is 10.1. The summed E-state index contributed by atoms with van der Waals surface area (Å²) in [5.41, 5.74) is 8.09. The summed E-state index contributed by atoms with van der Waals surface area (Å²) in [4.78, 5) is 6.49. The van der Waals surface area contributed by atoms with Gasteiger partial charge in [0.2, 0.25) is 0 Å². The highest BCUT2D eigenvalue weighted by Gasteiger charge is 2.31. The fourth-order valence-electron chi connectivity index (χ4n) is 2.02. The third kappa shape index (κ3) is 2.12. The maximum Gasteiger partial charge on any atom is 0.0598 e. The van der Waals surface area contributed by atoms with Crippen LogP contribution >= 0.6 is 0 Å². The molecule has 0 bridgehead atoms. The zero-order valence-electron chi connectivity index (χ0n) is 9.48. The average Bonchev–Trinajstić information content (AvgIpc) is 3.11. The van der Waals surface area contributed by atoms with Crippen molar-refractivity contribution in [3.63, 3.8) is 0 Å². The zero-order chi connectivity index (χ0) is 10.8. The van der Waals surface area contributed by atoms with E-state index in [0.29, 0.717) is 12.6 Å². The number of nitrogens with zero attached hydrogens (tertiary/aromatic N) is 2. The number of rotatable bonds is 4. The van der Waals surface area contributed by atoms with E-state index in [-0.39, 0.29) is 0 Å². The van der Waals surface area contributed by atoms with Crippen molar-refractivity contribution in [2.24, 2.45) is 11.7 Å². The van der Waals surface area contributed by atoms with Crippen molar-refractivity contribution < 1.29 is 0 Å². The Labute approximate surface area is 91.3 Å². The van der Waals surface area contributed by atoms with Crippen LogP contribution in [0.5, 0.6) is 0 Å². The molecule has 1 saturated carbocycles. The first kappa shape index (κ1) is 10.4. The Bertz CT molecular complexity index is 333. The lowest BCUT2D eigenvalue weighted by molar-refractivity contribution is 0.606. The van der Waals surface area contributed by atoms with Crippen molar-refractivity contribution in [3.05, 3.63) is 24.0 Å². The number of aromatic nitrogens is 1. The third-order valence-corrected chi connectivity index (χ3v) is 3.40. The van der Waals surface area contributed by atoms with Crippen molar-refractivity contribution in [1.29, 1.82) is 0 Å². The second kappa shape index (κ2) is 4.19. The van der Waals surface area contributed by atoms with E-state index in [1.165, 1.54) is 24.1 Å². The molecule has 1 aromatic heterocycles. The normalized spacial score (nSPS) is 17.5. The van der Waals surface area contributed by atoms with Gasteiger partial charge < -0.3 is 10.6 Å². The van der Waals surface area contributed by atoms with Crippen molar-refractivity contribution in [2.75, 3.05) is 11.9 Å². The quantitative estimate of drug-likeness (QED) is 0.814.